The standard InChI is InChI=1S/C24H26ClF3N2O5S/c1-24(2,3)35-23(32)30-14-5-7-16(8-6-14)36(33,34)20-10-13(4-9-17(20)25)22(31)29-15-11-18(26)21(28)19(27)12-15/h4,9-12,14,16H,5-8H2,1-3H3,(H,29,31)(H,30,32)/t14-,16-. The van der Waals surface area contributed by atoms with Crippen molar-refractivity contribution in [2.45, 2.75) is 68.2 Å². The predicted octanol–water partition coefficient (Wildman–Crippen LogP) is 5.62. The summed E-state index contributed by atoms with van der Waals surface area (Å²) in [5.41, 5.74) is -1.12. The molecule has 0 radical (unpaired) electrons. The van der Waals surface area contributed by atoms with E-state index in [2.05, 4.69) is 10.6 Å². The molecule has 0 bridgehead atoms. The van der Waals surface area contributed by atoms with Crippen molar-refractivity contribution in [3.8, 4) is 0 Å². The first-order valence-corrected chi connectivity index (χ1v) is 13.1. The van der Waals surface area contributed by atoms with Crippen molar-refractivity contribution in [3.05, 3.63) is 58.4 Å². The highest BCUT2D eigenvalue weighted by molar-refractivity contribution is 7.92. The van der Waals surface area contributed by atoms with E-state index < -0.39 is 50.1 Å². The van der Waals surface area contributed by atoms with Gasteiger partial charge in [-0.1, -0.05) is 11.6 Å². The fourth-order valence-electron chi connectivity index (χ4n) is 3.86. The van der Waals surface area contributed by atoms with Gasteiger partial charge in [-0.2, -0.15) is 0 Å². The molecule has 0 heterocycles. The van der Waals surface area contributed by atoms with Crippen LogP contribution in [0.15, 0.2) is 35.2 Å². The molecular weight excluding hydrogens is 521 g/mol. The number of hydrogen-bond acceptors (Lipinski definition) is 5. The maximum atomic E-state index is 13.4. The van der Waals surface area contributed by atoms with E-state index >= 15 is 0 Å². The summed E-state index contributed by atoms with van der Waals surface area (Å²) in [5.74, 6) is -5.51. The lowest BCUT2D eigenvalue weighted by atomic mass is 9.95. The van der Waals surface area contributed by atoms with E-state index in [1.807, 2.05) is 0 Å². The Morgan fingerprint density at radius 1 is 1.00 bits per heavy atom. The molecule has 2 aromatic carbocycles. The van der Waals surface area contributed by atoms with Crippen LogP contribution >= 0.6 is 11.6 Å². The molecule has 1 aliphatic rings. The molecule has 196 valence electrons. The number of carbonyl (C=O) groups is 2. The number of ether oxygens (including phenoxy) is 1. The predicted molar refractivity (Wildman–Crippen MR) is 128 cm³/mol. The van der Waals surface area contributed by atoms with Crippen LogP contribution in [0.1, 0.15) is 56.8 Å². The van der Waals surface area contributed by atoms with Gasteiger partial charge in [-0.15, -0.1) is 0 Å². The van der Waals surface area contributed by atoms with Gasteiger partial charge in [-0.3, -0.25) is 4.79 Å². The Morgan fingerprint density at radius 2 is 1.58 bits per heavy atom. The minimum Gasteiger partial charge on any atom is -0.444 e. The quantitative estimate of drug-likeness (QED) is 0.474. The summed E-state index contributed by atoms with van der Waals surface area (Å²) in [4.78, 5) is 24.3. The third-order valence-electron chi connectivity index (χ3n) is 5.58. The number of rotatable bonds is 5. The zero-order valence-electron chi connectivity index (χ0n) is 19.8. The van der Waals surface area contributed by atoms with Crippen molar-refractivity contribution in [1.29, 1.82) is 0 Å². The summed E-state index contributed by atoms with van der Waals surface area (Å²) in [7, 11) is -3.95. The number of halogens is 4. The monoisotopic (exact) mass is 546 g/mol. The molecule has 0 saturated heterocycles. The van der Waals surface area contributed by atoms with E-state index in [1.54, 1.807) is 20.8 Å². The Morgan fingerprint density at radius 3 is 2.14 bits per heavy atom. The summed E-state index contributed by atoms with van der Waals surface area (Å²) in [6, 6.07) is 4.56. The topological polar surface area (TPSA) is 102 Å². The van der Waals surface area contributed by atoms with Gasteiger partial charge in [0.2, 0.25) is 0 Å². The SMILES string of the molecule is CC(C)(C)OC(=O)N[C@H]1CC[C@H](S(=O)(=O)c2cc(C(=O)Nc3cc(F)c(F)c(F)c3)ccc2Cl)CC1. The third kappa shape index (κ3) is 6.70. The highest BCUT2D eigenvalue weighted by atomic mass is 35.5. The molecule has 0 spiro atoms. The van der Waals surface area contributed by atoms with Crippen molar-refractivity contribution in [2.75, 3.05) is 5.32 Å². The fraction of sp³-hybridized carbons (Fsp3) is 0.417. The lowest BCUT2D eigenvalue weighted by molar-refractivity contribution is 0.0493. The number of nitrogens with one attached hydrogen (secondary N) is 2. The molecule has 0 unspecified atom stereocenters. The number of hydrogen-bond donors (Lipinski definition) is 2. The van der Waals surface area contributed by atoms with Gasteiger partial charge >= 0.3 is 6.09 Å². The van der Waals surface area contributed by atoms with Crippen LogP contribution in [0.3, 0.4) is 0 Å². The molecule has 2 amide bonds. The van der Waals surface area contributed by atoms with Gasteiger partial charge in [0, 0.05) is 29.4 Å². The molecule has 1 fully saturated rings. The summed E-state index contributed by atoms with van der Waals surface area (Å²) in [6.45, 7) is 5.22. The zero-order chi connectivity index (χ0) is 26.8. The van der Waals surface area contributed by atoms with Gasteiger partial charge in [0.15, 0.2) is 27.3 Å². The number of carbonyl (C=O) groups excluding carboxylic acids is 2. The first kappa shape index (κ1) is 27.8. The van der Waals surface area contributed by atoms with E-state index in [9.17, 15) is 31.2 Å². The van der Waals surface area contributed by atoms with Gasteiger partial charge in [0.1, 0.15) is 5.60 Å². The van der Waals surface area contributed by atoms with E-state index in [0.717, 1.165) is 6.07 Å². The van der Waals surface area contributed by atoms with Crippen LogP contribution in [-0.2, 0) is 14.6 Å². The molecule has 7 nitrogen and oxygen atoms in total. The molecule has 36 heavy (non-hydrogen) atoms. The summed E-state index contributed by atoms with van der Waals surface area (Å²) < 4.78 is 71.9. The fourth-order valence-corrected chi connectivity index (χ4v) is 6.19. The van der Waals surface area contributed by atoms with Crippen molar-refractivity contribution in [3.63, 3.8) is 0 Å². The zero-order valence-corrected chi connectivity index (χ0v) is 21.4. The molecule has 1 aliphatic carbocycles. The first-order valence-electron chi connectivity index (χ1n) is 11.2. The molecule has 2 N–H and O–H groups in total. The summed E-state index contributed by atoms with van der Waals surface area (Å²) >= 11 is 6.16. The van der Waals surface area contributed by atoms with Crippen molar-refractivity contribution in [1.82, 2.24) is 5.32 Å². The largest absolute Gasteiger partial charge is 0.444 e. The maximum Gasteiger partial charge on any atom is 0.407 e. The van der Waals surface area contributed by atoms with Crippen LogP contribution in [0.2, 0.25) is 5.02 Å². The van der Waals surface area contributed by atoms with Gasteiger partial charge < -0.3 is 15.4 Å². The van der Waals surface area contributed by atoms with Crippen LogP contribution < -0.4 is 10.6 Å². The van der Waals surface area contributed by atoms with Crippen LogP contribution in [0.5, 0.6) is 0 Å². The van der Waals surface area contributed by atoms with E-state index in [-0.39, 0.29) is 40.1 Å². The number of alkyl carbamates (subject to hydrolysis) is 1. The minimum atomic E-state index is -3.95. The molecule has 1 saturated carbocycles. The maximum absolute atomic E-state index is 13.4. The van der Waals surface area contributed by atoms with Crippen molar-refractivity contribution in [2.24, 2.45) is 0 Å². The number of sulfone groups is 1. The third-order valence-corrected chi connectivity index (χ3v) is 8.32. The second-order valence-corrected chi connectivity index (χ2v) is 12.1. The number of anilines is 1. The van der Waals surface area contributed by atoms with Crippen molar-refractivity contribution < 1.29 is 35.9 Å². The van der Waals surface area contributed by atoms with Crippen molar-refractivity contribution >= 4 is 39.1 Å². The molecular formula is C24H26ClF3N2O5S. The Bertz CT molecular complexity index is 1250. The van der Waals surface area contributed by atoms with Crippen LogP contribution in [0.25, 0.3) is 0 Å². The smallest absolute Gasteiger partial charge is 0.407 e. The minimum absolute atomic E-state index is 0.0839. The Kier molecular flexibility index (Phi) is 8.24. The molecule has 3 rings (SSSR count). The lowest BCUT2D eigenvalue weighted by Crippen LogP contribution is -2.42. The first-order chi connectivity index (χ1) is 16.7. The Labute approximate surface area is 212 Å². The van der Waals surface area contributed by atoms with E-state index in [1.165, 1.54) is 12.1 Å². The van der Waals surface area contributed by atoms with Crippen LogP contribution in [0.4, 0.5) is 23.7 Å². The lowest BCUT2D eigenvalue weighted by Gasteiger charge is -2.30. The second-order valence-electron chi connectivity index (χ2n) is 9.52. The molecule has 0 aliphatic heterocycles. The highest BCUT2D eigenvalue weighted by Gasteiger charge is 2.34. The average molecular weight is 547 g/mol. The number of benzene rings is 2. The van der Waals surface area contributed by atoms with Gasteiger partial charge in [0.25, 0.3) is 5.91 Å². The van der Waals surface area contributed by atoms with Gasteiger partial charge in [-0.05, 0) is 64.7 Å². The molecule has 2 aromatic rings. The highest BCUT2D eigenvalue weighted by Crippen LogP contribution is 2.33. The molecule has 0 aromatic heterocycles. The Balaban J connectivity index is 1.72. The second kappa shape index (κ2) is 10.7. The molecule has 12 heteroatoms. The normalized spacial score (nSPS) is 18.4. The summed E-state index contributed by atoms with van der Waals surface area (Å²) in [6.07, 6.45) is 0.745. The van der Waals surface area contributed by atoms with Crippen LogP contribution in [0, 0.1) is 17.5 Å². The van der Waals surface area contributed by atoms with E-state index in [4.69, 9.17) is 16.3 Å². The number of amides is 2. The van der Waals surface area contributed by atoms with Gasteiger partial charge in [0.05, 0.1) is 15.2 Å². The average Bonchev–Trinajstić information content (AvgIpc) is 2.76. The van der Waals surface area contributed by atoms with E-state index in [0.29, 0.717) is 25.0 Å². The summed E-state index contributed by atoms with van der Waals surface area (Å²) in [5, 5.41) is 4.08. The van der Waals surface area contributed by atoms with Crippen LogP contribution in [-0.4, -0.2) is 37.3 Å². The van der Waals surface area contributed by atoms with Gasteiger partial charge in [-0.25, -0.2) is 26.4 Å². The molecule has 0 atom stereocenters. The Hall–Kier alpha value is -2.79.